The molecule has 0 spiro atoms. The highest BCUT2D eigenvalue weighted by atomic mass is 32.2. The van der Waals surface area contributed by atoms with E-state index in [2.05, 4.69) is 29.6 Å². The molecule has 1 aliphatic rings. The predicted octanol–water partition coefficient (Wildman–Crippen LogP) is 4.66. The number of hydrogen-bond donors (Lipinski definition) is 0. The lowest BCUT2D eigenvalue weighted by molar-refractivity contribution is -0.144. The molecule has 0 aliphatic carbocycles. The molecule has 1 atom stereocenters. The molecule has 0 saturated heterocycles. The second-order valence-electron chi connectivity index (χ2n) is 5.28. The van der Waals surface area contributed by atoms with Crippen LogP contribution in [0.3, 0.4) is 0 Å². The molecule has 4 heteroatoms. The van der Waals surface area contributed by atoms with Crippen molar-refractivity contribution in [3.63, 3.8) is 0 Å². The minimum absolute atomic E-state index is 0.109. The molecule has 4 rings (SSSR count). The number of fused-ring (bicyclic) bond motifs is 2. The molecule has 1 aromatic heterocycles. The highest BCUT2D eigenvalue weighted by Crippen LogP contribution is 2.37. The summed E-state index contributed by atoms with van der Waals surface area (Å²) in [5.41, 5.74) is 2.34. The fraction of sp³-hybridized carbons (Fsp3) is 0.167. The Kier molecular flexibility index (Phi) is 3.64. The minimum atomic E-state index is -0.114. The Morgan fingerprint density at radius 1 is 1.14 bits per heavy atom. The summed E-state index contributed by atoms with van der Waals surface area (Å²) in [5, 5.41) is 3.15. The van der Waals surface area contributed by atoms with Crippen LogP contribution in [0, 0.1) is 0 Å². The van der Waals surface area contributed by atoms with E-state index in [1.54, 1.807) is 23.1 Å². The average Bonchev–Trinajstić information content (AvgIpc) is 3.16. The first kappa shape index (κ1) is 13.9. The summed E-state index contributed by atoms with van der Waals surface area (Å²) in [6.45, 7) is 0.357. The largest absolute Gasteiger partial charge is 0.460 e. The van der Waals surface area contributed by atoms with Crippen LogP contribution in [0.4, 0.5) is 0 Å². The summed E-state index contributed by atoms with van der Waals surface area (Å²) in [7, 11) is 0. The zero-order valence-corrected chi connectivity index (χ0v) is 13.5. The third kappa shape index (κ3) is 2.53. The van der Waals surface area contributed by atoms with E-state index in [4.69, 9.17) is 4.74 Å². The zero-order valence-electron chi connectivity index (χ0n) is 11.8. The van der Waals surface area contributed by atoms with Crippen molar-refractivity contribution < 1.29 is 9.53 Å². The first-order valence-corrected chi connectivity index (χ1v) is 8.93. The summed E-state index contributed by atoms with van der Waals surface area (Å²) in [4.78, 5) is 13.5. The van der Waals surface area contributed by atoms with E-state index in [0.717, 1.165) is 12.0 Å². The number of esters is 1. The van der Waals surface area contributed by atoms with Gasteiger partial charge in [0.1, 0.15) is 11.9 Å². The minimum Gasteiger partial charge on any atom is -0.460 e. The van der Waals surface area contributed by atoms with Crippen molar-refractivity contribution in [1.29, 1.82) is 0 Å². The Labute approximate surface area is 137 Å². The van der Waals surface area contributed by atoms with Gasteiger partial charge in [0.2, 0.25) is 0 Å². The number of thioether (sulfide) groups is 1. The molecule has 0 amide bonds. The summed E-state index contributed by atoms with van der Waals surface area (Å²) < 4.78 is 6.79. The van der Waals surface area contributed by atoms with E-state index >= 15 is 0 Å². The van der Waals surface area contributed by atoms with E-state index in [-0.39, 0.29) is 11.2 Å². The van der Waals surface area contributed by atoms with Crippen LogP contribution in [-0.4, -0.2) is 11.2 Å². The number of rotatable bonds is 3. The van der Waals surface area contributed by atoms with Gasteiger partial charge in [-0.1, -0.05) is 36.4 Å². The Balaban J connectivity index is 1.43. The van der Waals surface area contributed by atoms with Gasteiger partial charge in [-0.15, -0.1) is 23.1 Å². The van der Waals surface area contributed by atoms with Crippen molar-refractivity contribution in [2.24, 2.45) is 0 Å². The van der Waals surface area contributed by atoms with Gasteiger partial charge in [0.05, 0.1) is 0 Å². The van der Waals surface area contributed by atoms with Crippen molar-refractivity contribution in [1.82, 2.24) is 0 Å². The van der Waals surface area contributed by atoms with Crippen molar-refractivity contribution in [2.75, 3.05) is 0 Å². The van der Waals surface area contributed by atoms with Crippen molar-refractivity contribution >= 4 is 39.2 Å². The Morgan fingerprint density at radius 2 is 1.95 bits per heavy atom. The molecule has 3 aromatic rings. The molecule has 0 bridgehead atoms. The molecule has 2 nitrogen and oxygen atoms in total. The van der Waals surface area contributed by atoms with Crippen molar-refractivity contribution in [2.45, 2.75) is 23.2 Å². The fourth-order valence-corrected chi connectivity index (χ4v) is 4.84. The Morgan fingerprint density at radius 3 is 2.86 bits per heavy atom. The normalized spacial score (nSPS) is 16.6. The molecule has 0 fully saturated rings. The lowest BCUT2D eigenvalue weighted by Crippen LogP contribution is -2.19. The first-order chi connectivity index (χ1) is 10.8. The quantitative estimate of drug-likeness (QED) is 0.655. The third-order valence-corrected chi connectivity index (χ3v) is 6.15. The molecule has 0 N–H and O–H groups in total. The number of benzene rings is 2. The maximum atomic E-state index is 12.3. The maximum Gasteiger partial charge on any atom is 0.320 e. The van der Waals surface area contributed by atoms with Gasteiger partial charge in [-0.25, -0.2) is 0 Å². The zero-order chi connectivity index (χ0) is 14.9. The monoisotopic (exact) mass is 326 g/mol. The van der Waals surface area contributed by atoms with Gasteiger partial charge in [-0.3, -0.25) is 4.79 Å². The van der Waals surface area contributed by atoms with Crippen LogP contribution in [0.5, 0.6) is 0 Å². The Hall–Kier alpha value is -1.78. The maximum absolute atomic E-state index is 12.3. The lowest BCUT2D eigenvalue weighted by Gasteiger charge is -2.08. The molecule has 2 aromatic carbocycles. The van der Waals surface area contributed by atoms with Gasteiger partial charge in [0, 0.05) is 15.2 Å². The van der Waals surface area contributed by atoms with Gasteiger partial charge in [-0.05, 0) is 34.9 Å². The number of thiophene rings is 1. The van der Waals surface area contributed by atoms with Crippen LogP contribution in [-0.2, 0) is 22.6 Å². The molecule has 110 valence electrons. The fourth-order valence-electron chi connectivity index (χ4n) is 2.70. The van der Waals surface area contributed by atoms with E-state index in [1.807, 2.05) is 24.3 Å². The van der Waals surface area contributed by atoms with E-state index < -0.39 is 0 Å². The van der Waals surface area contributed by atoms with Crippen LogP contribution >= 0.6 is 23.1 Å². The SMILES string of the molecule is O=C(OCc1csc2ccccc12)C1Cc2ccccc2S1. The standard InChI is InChI=1S/C18H14O2S2/c19-18(17-9-12-5-1-3-7-15(12)22-17)20-10-13-11-21-16-8-4-2-6-14(13)16/h1-8,11,17H,9-10H2. The molecule has 1 aliphatic heterocycles. The van der Waals surface area contributed by atoms with Gasteiger partial charge in [0.15, 0.2) is 0 Å². The summed E-state index contributed by atoms with van der Waals surface area (Å²) >= 11 is 3.30. The van der Waals surface area contributed by atoms with Crippen molar-refractivity contribution in [3.8, 4) is 0 Å². The predicted molar refractivity (Wildman–Crippen MR) is 91.4 cm³/mol. The van der Waals surface area contributed by atoms with Gasteiger partial charge in [-0.2, -0.15) is 0 Å². The van der Waals surface area contributed by atoms with Gasteiger partial charge in [0.25, 0.3) is 0 Å². The van der Waals surface area contributed by atoms with Crippen LogP contribution in [0.2, 0.25) is 0 Å². The molecular formula is C18H14O2S2. The molecule has 0 saturated carbocycles. The Bertz CT molecular complexity index is 813. The number of carbonyl (C=O) groups excluding carboxylic acids is 1. The molecule has 22 heavy (non-hydrogen) atoms. The third-order valence-electron chi connectivity index (χ3n) is 3.84. The van der Waals surface area contributed by atoms with Crippen LogP contribution in [0.1, 0.15) is 11.1 Å². The average molecular weight is 326 g/mol. The summed E-state index contributed by atoms with van der Waals surface area (Å²) in [6.07, 6.45) is 0.768. The summed E-state index contributed by atoms with van der Waals surface area (Å²) in [6, 6.07) is 16.4. The molecule has 2 heterocycles. The topological polar surface area (TPSA) is 26.3 Å². The van der Waals surface area contributed by atoms with Crippen molar-refractivity contribution in [3.05, 3.63) is 65.0 Å². The first-order valence-electron chi connectivity index (χ1n) is 7.17. The molecule has 1 unspecified atom stereocenters. The second-order valence-corrected chi connectivity index (χ2v) is 7.44. The second kappa shape index (κ2) is 5.78. The van der Waals surface area contributed by atoms with Crippen LogP contribution in [0.15, 0.2) is 58.8 Å². The molecule has 0 radical (unpaired) electrons. The highest BCUT2D eigenvalue weighted by molar-refractivity contribution is 8.01. The van der Waals surface area contributed by atoms with Crippen LogP contribution < -0.4 is 0 Å². The van der Waals surface area contributed by atoms with Crippen LogP contribution in [0.25, 0.3) is 10.1 Å². The highest BCUT2D eigenvalue weighted by Gasteiger charge is 2.29. The smallest absolute Gasteiger partial charge is 0.320 e. The van der Waals surface area contributed by atoms with Gasteiger partial charge >= 0.3 is 5.97 Å². The van der Waals surface area contributed by atoms with Gasteiger partial charge < -0.3 is 4.74 Å². The number of ether oxygens (including phenoxy) is 1. The van der Waals surface area contributed by atoms with E-state index in [1.165, 1.54) is 20.5 Å². The van der Waals surface area contributed by atoms with E-state index in [9.17, 15) is 4.79 Å². The number of carbonyl (C=O) groups is 1. The number of hydrogen-bond acceptors (Lipinski definition) is 4. The molecular weight excluding hydrogens is 312 g/mol. The van der Waals surface area contributed by atoms with E-state index in [0.29, 0.717) is 6.61 Å². The summed E-state index contributed by atoms with van der Waals surface area (Å²) in [5.74, 6) is -0.114. The lowest BCUT2D eigenvalue weighted by atomic mass is 10.1.